The van der Waals surface area contributed by atoms with Gasteiger partial charge in [0.05, 0.1) is 11.6 Å². The summed E-state index contributed by atoms with van der Waals surface area (Å²) in [5, 5.41) is 10.5. The van der Waals surface area contributed by atoms with Crippen molar-refractivity contribution in [1.82, 2.24) is 9.88 Å². The van der Waals surface area contributed by atoms with Gasteiger partial charge in [-0.3, -0.25) is 9.88 Å². The second-order valence-electron chi connectivity index (χ2n) is 4.65. The lowest BCUT2D eigenvalue weighted by atomic mass is 10.1. The molecule has 3 nitrogen and oxygen atoms in total. The molecule has 0 fully saturated rings. The van der Waals surface area contributed by atoms with Crippen LogP contribution in [0.1, 0.15) is 12.5 Å². The molecule has 1 atom stereocenters. The van der Waals surface area contributed by atoms with Gasteiger partial charge in [-0.1, -0.05) is 28.1 Å². The number of nitrogens with zero attached hydrogens (tertiary/aromatic N) is 2. The lowest BCUT2D eigenvalue weighted by molar-refractivity contribution is 0.138. The highest BCUT2D eigenvalue weighted by Crippen LogP contribution is 2.25. The summed E-state index contributed by atoms with van der Waals surface area (Å²) in [6.07, 6.45) is 1.50. The third kappa shape index (κ3) is 3.07. The predicted molar refractivity (Wildman–Crippen MR) is 77.5 cm³/mol. The lowest BCUT2D eigenvalue weighted by Crippen LogP contribution is -2.26. The maximum Gasteiger partial charge on any atom is 0.0758 e. The smallest absolute Gasteiger partial charge is 0.0758 e. The first-order valence-electron chi connectivity index (χ1n) is 5.96. The van der Waals surface area contributed by atoms with Crippen molar-refractivity contribution in [3.05, 3.63) is 40.5 Å². The molecule has 1 N–H and O–H groups in total. The average Bonchev–Trinajstić information content (AvgIpc) is 2.32. The Bertz CT molecular complexity index is 542. The normalized spacial score (nSPS) is 13.2. The number of pyridine rings is 1. The number of halogens is 1. The zero-order chi connectivity index (χ0) is 13.1. The monoisotopic (exact) mass is 308 g/mol. The Morgan fingerprint density at radius 3 is 2.89 bits per heavy atom. The summed E-state index contributed by atoms with van der Waals surface area (Å²) in [7, 11) is 2.00. The summed E-state index contributed by atoms with van der Waals surface area (Å²) >= 11 is 3.54. The number of aliphatic hydroxyl groups excluding tert-OH is 1. The first-order valence-corrected chi connectivity index (χ1v) is 6.76. The van der Waals surface area contributed by atoms with E-state index < -0.39 is 0 Å². The highest BCUT2D eigenvalue weighted by molar-refractivity contribution is 9.10. The van der Waals surface area contributed by atoms with Crippen LogP contribution in [0.3, 0.4) is 0 Å². The van der Waals surface area contributed by atoms with Crippen molar-refractivity contribution < 1.29 is 5.11 Å². The van der Waals surface area contributed by atoms with Gasteiger partial charge < -0.3 is 5.11 Å². The second-order valence-corrected chi connectivity index (χ2v) is 5.51. The zero-order valence-corrected chi connectivity index (χ0v) is 12.2. The fourth-order valence-corrected chi connectivity index (χ4v) is 2.58. The minimum absolute atomic E-state index is 0.315. The molecule has 18 heavy (non-hydrogen) atoms. The number of fused-ring (bicyclic) bond motifs is 1. The topological polar surface area (TPSA) is 36.4 Å². The molecule has 4 heteroatoms. The largest absolute Gasteiger partial charge is 0.392 e. The van der Waals surface area contributed by atoms with E-state index in [0.29, 0.717) is 6.54 Å². The van der Waals surface area contributed by atoms with Gasteiger partial charge in [0.25, 0.3) is 0 Å². The summed E-state index contributed by atoms with van der Waals surface area (Å²) in [6.45, 7) is 3.24. The van der Waals surface area contributed by atoms with Crippen LogP contribution in [0.5, 0.6) is 0 Å². The average molecular weight is 309 g/mol. The molecule has 2 rings (SSSR count). The van der Waals surface area contributed by atoms with Crippen molar-refractivity contribution in [2.45, 2.75) is 19.6 Å². The Morgan fingerprint density at radius 2 is 2.17 bits per heavy atom. The van der Waals surface area contributed by atoms with E-state index in [9.17, 15) is 5.11 Å². The van der Waals surface area contributed by atoms with E-state index in [4.69, 9.17) is 0 Å². The van der Waals surface area contributed by atoms with Crippen LogP contribution in [0.2, 0.25) is 0 Å². The van der Waals surface area contributed by atoms with Gasteiger partial charge in [-0.15, -0.1) is 0 Å². The van der Waals surface area contributed by atoms with Gasteiger partial charge in [0.2, 0.25) is 0 Å². The molecular weight excluding hydrogens is 292 g/mol. The van der Waals surface area contributed by atoms with Crippen molar-refractivity contribution >= 4 is 26.8 Å². The Hall–Kier alpha value is -0.970. The highest BCUT2D eigenvalue weighted by atomic mass is 79.9. The summed E-state index contributed by atoms with van der Waals surface area (Å²) in [4.78, 5) is 6.55. The van der Waals surface area contributed by atoms with Crippen molar-refractivity contribution in [2.75, 3.05) is 13.6 Å². The number of aliphatic hydroxyl groups is 1. The van der Waals surface area contributed by atoms with E-state index in [1.54, 1.807) is 6.92 Å². The molecule has 0 unspecified atom stereocenters. The van der Waals surface area contributed by atoms with Crippen LogP contribution in [-0.4, -0.2) is 34.7 Å². The summed E-state index contributed by atoms with van der Waals surface area (Å²) in [5.74, 6) is 0. The van der Waals surface area contributed by atoms with E-state index >= 15 is 0 Å². The van der Waals surface area contributed by atoms with Gasteiger partial charge in [-0.25, -0.2) is 0 Å². The van der Waals surface area contributed by atoms with Crippen LogP contribution in [0.15, 0.2) is 34.9 Å². The van der Waals surface area contributed by atoms with Crippen LogP contribution < -0.4 is 0 Å². The highest BCUT2D eigenvalue weighted by Gasteiger charge is 2.09. The molecule has 0 bridgehead atoms. The van der Waals surface area contributed by atoms with E-state index in [1.165, 1.54) is 5.56 Å². The number of aromatic nitrogens is 1. The molecule has 0 aliphatic heterocycles. The fraction of sp³-hybridized carbons (Fsp3) is 0.357. The van der Waals surface area contributed by atoms with E-state index in [-0.39, 0.29) is 6.10 Å². The maximum atomic E-state index is 9.39. The van der Waals surface area contributed by atoms with Crippen LogP contribution in [-0.2, 0) is 6.54 Å². The van der Waals surface area contributed by atoms with Gasteiger partial charge in [-0.2, -0.15) is 0 Å². The minimum Gasteiger partial charge on any atom is -0.392 e. The number of rotatable bonds is 4. The summed E-state index contributed by atoms with van der Waals surface area (Å²) < 4.78 is 1.06. The van der Waals surface area contributed by atoms with Crippen LogP contribution in [0.25, 0.3) is 10.9 Å². The minimum atomic E-state index is -0.315. The van der Waals surface area contributed by atoms with Gasteiger partial charge in [0, 0.05) is 29.1 Å². The molecule has 2 aromatic rings. The molecule has 0 saturated carbocycles. The standard InChI is InChI=1S/C14H17BrN2O/c1-10(18)8-17(2)9-11-5-6-13(15)12-4-3-7-16-14(11)12/h3-7,10,18H,8-9H2,1-2H3/t10-/m1/s1. The fourth-order valence-electron chi connectivity index (χ4n) is 2.13. The van der Waals surface area contributed by atoms with Gasteiger partial charge in [0.1, 0.15) is 0 Å². The molecule has 1 aromatic carbocycles. The van der Waals surface area contributed by atoms with Crippen LogP contribution in [0, 0.1) is 0 Å². The van der Waals surface area contributed by atoms with Gasteiger partial charge in [-0.05, 0) is 31.7 Å². The van der Waals surface area contributed by atoms with Crippen molar-refractivity contribution in [3.8, 4) is 0 Å². The van der Waals surface area contributed by atoms with Crippen molar-refractivity contribution in [1.29, 1.82) is 0 Å². The third-order valence-electron chi connectivity index (χ3n) is 2.82. The number of likely N-dealkylation sites (N-methyl/N-ethyl adjacent to an activating group) is 1. The SMILES string of the molecule is C[C@@H](O)CN(C)Cc1ccc(Br)c2cccnc12. The molecule has 96 valence electrons. The number of benzene rings is 1. The Labute approximate surface area is 116 Å². The van der Waals surface area contributed by atoms with Crippen molar-refractivity contribution in [2.24, 2.45) is 0 Å². The molecule has 1 aromatic heterocycles. The number of hydrogen-bond acceptors (Lipinski definition) is 3. The second kappa shape index (κ2) is 5.78. The Morgan fingerprint density at radius 1 is 1.39 bits per heavy atom. The quantitative estimate of drug-likeness (QED) is 0.943. The molecule has 0 aliphatic rings. The van der Waals surface area contributed by atoms with Crippen LogP contribution >= 0.6 is 15.9 Å². The van der Waals surface area contributed by atoms with Gasteiger partial charge in [0.15, 0.2) is 0 Å². The first kappa shape index (κ1) is 13.5. The molecule has 0 spiro atoms. The Kier molecular flexibility index (Phi) is 4.32. The predicted octanol–water partition coefficient (Wildman–Crippen LogP) is 2.81. The summed E-state index contributed by atoms with van der Waals surface area (Å²) in [5.41, 5.74) is 2.20. The van der Waals surface area contributed by atoms with Crippen LogP contribution in [0.4, 0.5) is 0 Å². The first-order chi connectivity index (χ1) is 8.58. The number of hydrogen-bond donors (Lipinski definition) is 1. The molecule has 0 radical (unpaired) electrons. The molecule has 0 aliphatic carbocycles. The summed E-state index contributed by atoms with van der Waals surface area (Å²) in [6, 6.07) is 8.13. The molecule has 0 saturated heterocycles. The third-order valence-corrected chi connectivity index (χ3v) is 3.51. The molecule has 1 heterocycles. The maximum absolute atomic E-state index is 9.39. The van der Waals surface area contributed by atoms with Crippen molar-refractivity contribution in [3.63, 3.8) is 0 Å². The molecule has 0 amide bonds. The van der Waals surface area contributed by atoms with E-state index in [0.717, 1.165) is 21.9 Å². The van der Waals surface area contributed by atoms with E-state index in [2.05, 4.69) is 44.0 Å². The molecular formula is C14H17BrN2O. The van der Waals surface area contributed by atoms with Gasteiger partial charge >= 0.3 is 0 Å². The van der Waals surface area contributed by atoms with E-state index in [1.807, 2.05) is 19.3 Å². The lowest BCUT2D eigenvalue weighted by Gasteiger charge is -2.19. The zero-order valence-electron chi connectivity index (χ0n) is 10.6. The Balaban J connectivity index is 2.31.